The molecule has 0 bridgehead atoms. The van der Waals surface area contributed by atoms with Crippen LogP contribution in [0.25, 0.3) is 0 Å². The van der Waals surface area contributed by atoms with Crippen LogP contribution in [0.15, 0.2) is 48.5 Å². The number of rotatable bonds is 3. The van der Waals surface area contributed by atoms with Crippen LogP contribution in [0.5, 0.6) is 0 Å². The van der Waals surface area contributed by atoms with Crippen LogP contribution in [0.3, 0.4) is 0 Å². The fraction of sp³-hybridized carbons (Fsp3) is 0.391. The highest BCUT2D eigenvalue weighted by Crippen LogP contribution is 2.44. The van der Waals surface area contributed by atoms with Gasteiger partial charge in [0, 0.05) is 37.4 Å². The Kier molecular flexibility index (Phi) is 4.20. The summed E-state index contributed by atoms with van der Waals surface area (Å²) in [5, 5.41) is 3.05. The second-order valence-corrected chi connectivity index (χ2v) is 8.24. The number of hydrogen-bond acceptors (Lipinski definition) is 3. The first-order valence-corrected chi connectivity index (χ1v) is 10.2. The van der Waals surface area contributed by atoms with Gasteiger partial charge in [-0.3, -0.25) is 14.5 Å². The molecule has 2 saturated heterocycles. The molecule has 0 radical (unpaired) electrons. The van der Waals surface area contributed by atoms with Gasteiger partial charge in [0.15, 0.2) is 0 Å². The van der Waals surface area contributed by atoms with Gasteiger partial charge in [-0.1, -0.05) is 30.3 Å². The second-order valence-electron chi connectivity index (χ2n) is 8.24. The Bertz CT molecular complexity index is 918. The predicted molar refractivity (Wildman–Crippen MR) is 108 cm³/mol. The Morgan fingerprint density at radius 1 is 1.00 bits per heavy atom. The molecule has 3 aliphatic heterocycles. The molecule has 144 valence electrons. The van der Waals surface area contributed by atoms with Crippen LogP contribution in [0.4, 0.5) is 5.69 Å². The average Bonchev–Trinajstić information content (AvgIpc) is 3.44. The third-order valence-corrected chi connectivity index (χ3v) is 6.47. The number of hydrogen-bond donors (Lipinski definition) is 1. The molecule has 28 heavy (non-hydrogen) atoms. The van der Waals surface area contributed by atoms with Crippen molar-refractivity contribution in [2.75, 3.05) is 31.5 Å². The highest BCUT2D eigenvalue weighted by molar-refractivity contribution is 6.06. The van der Waals surface area contributed by atoms with Crippen LogP contribution >= 0.6 is 0 Å². The fourth-order valence-electron chi connectivity index (χ4n) is 4.92. The molecule has 1 spiro atoms. The van der Waals surface area contributed by atoms with Crippen LogP contribution in [-0.2, 0) is 16.8 Å². The lowest BCUT2D eigenvalue weighted by molar-refractivity contribution is -0.120. The van der Waals surface area contributed by atoms with Gasteiger partial charge in [0.1, 0.15) is 0 Å². The van der Waals surface area contributed by atoms with Crippen molar-refractivity contribution in [2.45, 2.75) is 31.2 Å². The molecular weight excluding hydrogens is 350 g/mol. The van der Waals surface area contributed by atoms with Gasteiger partial charge in [-0.05, 0) is 55.1 Å². The van der Waals surface area contributed by atoms with Crippen LogP contribution in [0, 0.1) is 0 Å². The Hall–Kier alpha value is -2.66. The maximum atomic E-state index is 12.7. The minimum atomic E-state index is -0.414. The Labute approximate surface area is 165 Å². The number of benzene rings is 2. The minimum Gasteiger partial charge on any atom is -0.339 e. The summed E-state index contributed by atoms with van der Waals surface area (Å²) in [5.41, 5.74) is 3.63. The van der Waals surface area contributed by atoms with Crippen molar-refractivity contribution in [2.24, 2.45) is 0 Å². The first-order valence-electron chi connectivity index (χ1n) is 10.2. The monoisotopic (exact) mass is 375 g/mol. The van der Waals surface area contributed by atoms with Gasteiger partial charge in [-0.15, -0.1) is 0 Å². The largest absolute Gasteiger partial charge is 0.339 e. The number of anilines is 1. The molecule has 5 heteroatoms. The van der Waals surface area contributed by atoms with E-state index in [1.807, 2.05) is 35.2 Å². The van der Waals surface area contributed by atoms with E-state index < -0.39 is 5.41 Å². The Balaban J connectivity index is 1.28. The lowest BCUT2D eigenvalue weighted by Gasteiger charge is -2.22. The number of carbonyl (C=O) groups is 2. The highest BCUT2D eigenvalue weighted by Gasteiger charge is 2.50. The van der Waals surface area contributed by atoms with E-state index >= 15 is 0 Å². The van der Waals surface area contributed by atoms with Crippen molar-refractivity contribution in [1.29, 1.82) is 0 Å². The van der Waals surface area contributed by atoms with Gasteiger partial charge in [0.05, 0.1) is 5.41 Å². The van der Waals surface area contributed by atoms with E-state index in [-0.39, 0.29) is 11.8 Å². The van der Waals surface area contributed by atoms with Crippen molar-refractivity contribution in [3.8, 4) is 0 Å². The topological polar surface area (TPSA) is 52.7 Å². The average molecular weight is 375 g/mol. The normalized spacial score (nSPS) is 24.0. The van der Waals surface area contributed by atoms with Gasteiger partial charge >= 0.3 is 0 Å². The smallest absolute Gasteiger partial charge is 0.253 e. The quantitative estimate of drug-likeness (QED) is 0.897. The molecule has 0 aromatic heterocycles. The van der Waals surface area contributed by atoms with Crippen molar-refractivity contribution < 1.29 is 9.59 Å². The van der Waals surface area contributed by atoms with Crippen molar-refractivity contribution >= 4 is 17.5 Å². The van der Waals surface area contributed by atoms with E-state index in [1.54, 1.807) is 0 Å². The summed E-state index contributed by atoms with van der Waals surface area (Å²) in [4.78, 5) is 29.5. The molecule has 0 saturated carbocycles. The number of amides is 2. The van der Waals surface area contributed by atoms with E-state index in [0.717, 1.165) is 68.8 Å². The van der Waals surface area contributed by atoms with Gasteiger partial charge in [-0.2, -0.15) is 0 Å². The summed E-state index contributed by atoms with van der Waals surface area (Å²) in [6.07, 6.45) is 3.07. The van der Waals surface area contributed by atoms with Crippen LogP contribution in [0.2, 0.25) is 0 Å². The van der Waals surface area contributed by atoms with Crippen molar-refractivity contribution in [1.82, 2.24) is 9.80 Å². The maximum Gasteiger partial charge on any atom is 0.253 e. The zero-order valence-electron chi connectivity index (χ0n) is 16.0. The highest BCUT2D eigenvalue weighted by atomic mass is 16.2. The third-order valence-electron chi connectivity index (χ3n) is 6.47. The van der Waals surface area contributed by atoms with Crippen LogP contribution in [-0.4, -0.2) is 47.8 Å². The number of nitrogens with zero attached hydrogens (tertiary/aromatic N) is 2. The summed E-state index contributed by atoms with van der Waals surface area (Å²) in [6, 6.07) is 16.0. The lowest BCUT2D eigenvalue weighted by atomic mass is 9.81. The molecule has 2 aromatic carbocycles. The Morgan fingerprint density at radius 2 is 1.75 bits per heavy atom. The molecule has 2 amide bonds. The van der Waals surface area contributed by atoms with Crippen molar-refractivity contribution in [3.05, 3.63) is 65.2 Å². The number of carbonyl (C=O) groups excluding carboxylic acids is 2. The lowest BCUT2D eigenvalue weighted by Crippen LogP contribution is -2.37. The number of fused-ring (bicyclic) bond motifs is 2. The van der Waals surface area contributed by atoms with E-state index in [1.165, 1.54) is 5.56 Å². The predicted octanol–water partition coefficient (Wildman–Crippen LogP) is 3.02. The molecule has 3 aliphatic rings. The van der Waals surface area contributed by atoms with Crippen LogP contribution in [0.1, 0.15) is 40.7 Å². The second kappa shape index (κ2) is 6.74. The molecule has 1 atom stereocenters. The molecule has 1 N–H and O–H groups in total. The molecular formula is C23H25N3O2. The zero-order chi connectivity index (χ0) is 19.1. The number of nitrogens with one attached hydrogen (secondary N) is 1. The van der Waals surface area contributed by atoms with E-state index in [9.17, 15) is 9.59 Å². The summed E-state index contributed by atoms with van der Waals surface area (Å²) >= 11 is 0. The molecule has 2 fully saturated rings. The molecule has 5 nitrogen and oxygen atoms in total. The SMILES string of the molecule is O=C(c1ccc(CN2CCC3(C2)C(=O)Nc2ccccc23)cc1)N1CCCC1. The minimum absolute atomic E-state index is 0.128. The van der Waals surface area contributed by atoms with Crippen molar-refractivity contribution in [3.63, 3.8) is 0 Å². The van der Waals surface area contributed by atoms with Crippen LogP contribution < -0.4 is 5.32 Å². The van der Waals surface area contributed by atoms with Gasteiger partial charge < -0.3 is 10.2 Å². The molecule has 3 heterocycles. The van der Waals surface area contributed by atoms with E-state index in [0.29, 0.717) is 0 Å². The molecule has 0 aliphatic carbocycles. The zero-order valence-corrected chi connectivity index (χ0v) is 16.0. The Morgan fingerprint density at radius 3 is 2.54 bits per heavy atom. The maximum absolute atomic E-state index is 12.7. The molecule has 1 unspecified atom stereocenters. The summed E-state index contributed by atoms with van der Waals surface area (Å²) in [7, 11) is 0. The van der Waals surface area contributed by atoms with Gasteiger partial charge in [0.25, 0.3) is 5.91 Å². The summed E-state index contributed by atoms with van der Waals surface area (Å²) < 4.78 is 0. The molecule has 2 aromatic rings. The van der Waals surface area contributed by atoms with E-state index in [4.69, 9.17) is 0 Å². The standard InChI is InChI=1S/C23H25N3O2/c27-21(26-12-3-4-13-26)18-9-7-17(8-10-18)15-25-14-11-23(16-25)19-5-1-2-6-20(19)24-22(23)28/h1-2,5-10H,3-4,11-16H2,(H,24,28). The first-order chi connectivity index (χ1) is 13.7. The summed E-state index contributed by atoms with van der Waals surface area (Å²) in [5.74, 6) is 0.270. The van der Waals surface area contributed by atoms with Gasteiger partial charge in [-0.25, -0.2) is 0 Å². The fourth-order valence-corrected chi connectivity index (χ4v) is 4.92. The van der Waals surface area contributed by atoms with Gasteiger partial charge in [0.2, 0.25) is 5.91 Å². The number of para-hydroxylation sites is 1. The summed E-state index contributed by atoms with van der Waals surface area (Å²) in [6.45, 7) is 4.19. The van der Waals surface area contributed by atoms with E-state index in [2.05, 4.69) is 28.4 Å². The third kappa shape index (κ3) is 2.81. The first kappa shape index (κ1) is 17.4. The number of likely N-dealkylation sites (tertiary alicyclic amines) is 2. The molecule has 5 rings (SSSR count).